The highest BCUT2D eigenvalue weighted by Gasteiger charge is 2.25. The molecule has 0 bridgehead atoms. The van der Waals surface area contributed by atoms with Crippen LogP contribution in [0.4, 0.5) is 0 Å². The van der Waals surface area contributed by atoms with E-state index in [1.54, 1.807) is 12.1 Å². The van der Waals surface area contributed by atoms with Crippen LogP contribution in [0, 0.1) is 22.7 Å². The Morgan fingerprint density at radius 2 is 0.671 bits per heavy atom. The lowest BCUT2D eigenvalue weighted by Gasteiger charge is -2.22. The van der Waals surface area contributed by atoms with Gasteiger partial charge in [0, 0.05) is 71.5 Å². The van der Waals surface area contributed by atoms with E-state index in [0.29, 0.717) is 17.0 Å². The van der Waals surface area contributed by atoms with Crippen LogP contribution >= 0.6 is 0 Å². The Kier molecular flexibility index (Phi) is 11.5. The smallest absolute Gasteiger partial charge is 0.160 e. The summed E-state index contributed by atoms with van der Waals surface area (Å²) in [5, 5.41) is 27.1. The topological polar surface area (TPSA) is 88.2 Å². The molecular weight excluding hydrogens is 1030 g/mol. The Labute approximate surface area is 489 Å². The normalized spacial score (nSPS) is 11.5. The van der Waals surface area contributed by atoms with Gasteiger partial charge in [0.2, 0.25) is 0 Å². The summed E-state index contributed by atoms with van der Waals surface area (Å²) in [4.78, 5) is 10.9. The van der Waals surface area contributed by atoms with Crippen molar-refractivity contribution in [2.75, 3.05) is 0 Å². The molecule has 0 saturated carbocycles. The SMILES string of the molecule is N#Cc1ccc(-c2ccc3c(c2)c2ccccc2n3-c2c(-c3ccc(-n4c5ccccc5c5ccccc54)cc3)cc(-c3nc(-c4ccccc4)cc(-c4ccccc4)n3)cc2-c2ccc(-n3c4ccccc4c4ccccc43)cc2)c(C#N)c1. The Hall–Kier alpha value is -11.9. The fraction of sp³-hybridized carbons (Fsp3) is 0. The summed E-state index contributed by atoms with van der Waals surface area (Å²) in [6.07, 6.45) is 0. The van der Waals surface area contributed by atoms with Crippen LogP contribution in [0.2, 0.25) is 0 Å². The molecule has 4 heterocycles. The van der Waals surface area contributed by atoms with Gasteiger partial charge in [-0.1, -0.05) is 188 Å². The fourth-order valence-electron chi connectivity index (χ4n) is 12.9. The average Bonchev–Trinajstić information content (AvgIpc) is 2.09. The fourth-order valence-corrected chi connectivity index (χ4v) is 12.9. The van der Waals surface area contributed by atoms with Crippen LogP contribution in [-0.4, -0.2) is 23.7 Å². The summed E-state index contributed by atoms with van der Waals surface area (Å²) < 4.78 is 7.14. The van der Waals surface area contributed by atoms with Gasteiger partial charge in [0.15, 0.2) is 5.82 Å². The molecule has 12 aromatic carbocycles. The highest BCUT2D eigenvalue weighted by molar-refractivity contribution is 6.13. The second-order valence-corrected chi connectivity index (χ2v) is 21.5. The lowest BCUT2D eigenvalue weighted by atomic mass is 9.92. The molecule has 0 N–H and O–H groups in total. The number of benzene rings is 12. The first-order chi connectivity index (χ1) is 42.1. The minimum absolute atomic E-state index is 0.446. The standard InChI is InChI=1S/C78H47N7/c79-48-50-31-41-60(57(43-50)49-80)55-36-42-76-68(44-55)65-25-11-16-30-75(65)85(76)77-66(51-32-37-58(38-33-51)83-71-26-12-7-21-61(71)62-22-8-13-27-72(62)83)45-56(78-81-69(53-17-3-1-4-18-53)47-70(82-78)54-19-5-2-6-20-54)46-67(77)52-34-39-59(40-35-52)84-73-28-14-9-23-63(73)64-24-10-15-29-74(64)84/h1-47H. The molecule has 0 amide bonds. The predicted molar refractivity (Wildman–Crippen MR) is 347 cm³/mol. The van der Waals surface area contributed by atoms with Crippen molar-refractivity contribution in [1.29, 1.82) is 10.5 Å². The number of hydrogen-bond acceptors (Lipinski definition) is 4. The summed E-state index contributed by atoms with van der Waals surface area (Å²) in [7, 11) is 0. The molecule has 0 saturated heterocycles. The largest absolute Gasteiger partial charge is 0.309 e. The molecule has 16 rings (SSSR count). The Morgan fingerprint density at radius 3 is 1.12 bits per heavy atom. The van der Waals surface area contributed by atoms with Crippen LogP contribution in [0.15, 0.2) is 285 Å². The zero-order valence-electron chi connectivity index (χ0n) is 45.8. The minimum atomic E-state index is 0.446. The van der Waals surface area contributed by atoms with Crippen molar-refractivity contribution >= 4 is 65.4 Å². The minimum Gasteiger partial charge on any atom is -0.309 e. The molecule has 0 atom stereocenters. The first-order valence-corrected chi connectivity index (χ1v) is 28.4. The van der Waals surface area contributed by atoms with Crippen LogP contribution in [0.25, 0.3) is 150 Å². The van der Waals surface area contributed by atoms with Gasteiger partial charge in [0.1, 0.15) is 0 Å². The molecule has 0 aliphatic rings. The van der Waals surface area contributed by atoms with Gasteiger partial charge in [-0.15, -0.1) is 0 Å². The summed E-state index contributed by atoms with van der Waals surface area (Å²) in [5.41, 5.74) is 20.7. The number of rotatable bonds is 9. The molecule has 0 aliphatic heterocycles. The van der Waals surface area contributed by atoms with Crippen molar-refractivity contribution in [3.8, 4) is 96.5 Å². The van der Waals surface area contributed by atoms with Crippen molar-refractivity contribution in [3.05, 3.63) is 296 Å². The molecule has 7 nitrogen and oxygen atoms in total. The molecule has 85 heavy (non-hydrogen) atoms. The van der Waals surface area contributed by atoms with Crippen LogP contribution in [0.3, 0.4) is 0 Å². The summed E-state index contributed by atoms with van der Waals surface area (Å²) in [6, 6.07) is 105. The van der Waals surface area contributed by atoms with E-state index in [-0.39, 0.29) is 0 Å². The third-order valence-electron chi connectivity index (χ3n) is 16.7. The van der Waals surface area contributed by atoms with E-state index in [2.05, 4.69) is 281 Å². The van der Waals surface area contributed by atoms with Gasteiger partial charge in [0.05, 0.1) is 73.4 Å². The zero-order chi connectivity index (χ0) is 56.5. The zero-order valence-corrected chi connectivity index (χ0v) is 45.8. The van der Waals surface area contributed by atoms with Gasteiger partial charge in [-0.05, 0) is 119 Å². The molecule has 4 aromatic heterocycles. The second kappa shape index (κ2) is 20.0. The van der Waals surface area contributed by atoms with Crippen molar-refractivity contribution in [2.45, 2.75) is 0 Å². The molecule has 16 aromatic rings. The van der Waals surface area contributed by atoms with Gasteiger partial charge < -0.3 is 13.7 Å². The predicted octanol–water partition coefficient (Wildman–Crippen LogP) is 19.5. The van der Waals surface area contributed by atoms with Crippen LogP contribution in [0.5, 0.6) is 0 Å². The van der Waals surface area contributed by atoms with Crippen molar-refractivity contribution < 1.29 is 0 Å². The third kappa shape index (κ3) is 8.10. The maximum atomic E-state index is 10.4. The van der Waals surface area contributed by atoms with Gasteiger partial charge in [-0.25, -0.2) is 9.97 Å². The molecule has 0 unspecified atom stereocenters. The quantitative estimate of drug-likeness (QED) is 0.144. The van der Waals surface area contributed by atoms with Gasteiger partial charge in [0.25, 0.3) is 0 Å². The lowest BCUT2D eigenvalue weighted by molar-refractivity contribution is 1.16. The monoisotopic (exact) mass is 1080 g/mol. The second-order valence-electron chi connectivity index (χ2n) is 21.5. The van der Waals surface area contributed by atoms with Gasteiger partial charge in [-0.3, -0.25) is 0 Å². The third-order valence-corrected chi connectivity index (χ3v) is 16.7. The van der Waals surface area contributed by atoms with Crippen LogP contribution in [-0.2, 0) is 0 Å². The molecule has 0 spiro atoms. The van der Waals surface area contributed by atoms with Gasteiger partial charge >= 0.3 is 0 Å². The number of hydrogen-bond donors (Lipinski definition) is 0. The number of para-hydroxylation sites is 5. The van der Waals surface area contributed by atoms with E-state index in [4.69, 9.17) is 9.97 Å². The van der Waals surface area contributed by atoms with Crippen molar-refractivity contribution in [3.63, 3.8) is 0 Å². The summed E-state index contributed by atoms with van der Waals surface area (Å²) >= 11 is 0. The molecule has 0 radical (unpaired) electrons. The summed E-state index contributed by atoms with van der Waals surface area (Å²) in [6.45, 7) is 0. The maximum Gasteiger partial charge on any atom is 0.160 e. The van der Waals surface area contributed by atoms with E-state index < -0.39 is 0 Å². The lowest BCUT2D eigenvalue weighted by Crippen LogP contribution is -2.03. The first-order valence-electron chi connectivity index (χ1n) is 28.4. The van der Waals surface area contributed by atoms with Crippen molar-refractivity contribution in [2.24, 2.45) is 0 Å². The number of aromatic nitrogens is 5. The average molecular weight is 1080 g/mol. The Balaban J connectivity index is 0.994. The van der Waals surface area contributed by atoms with Crippen LogP contribution in [0.1, 0.15) is 11.1 Å². The maximum absolute atomic E-state index is 10.4. The highest BCUT2D eigenvalue weighted by Crippen LogP contribution is 2.46. The van der Waals surface area contributed by atoms with E-state index in [1.165, 1.54) is 21.5 Å². The molecule has 0 fully saturated rings. The van der Waals surface area contributed by atoms with E-state index in [9.17, 15) is 10.5 Å². The first kappa shape index (κ1) is 49.0. The molecule has 7 heteroatoms. The summed E-state index contributed by atoms with van der Waals surface area (Å²) in [5.74, 6) is 0.598. The van der Waals surface area contributed by atoms with Gasteiger partial charge in [-0.2, -0.15) is 10.5 Å². The Morgan fingerprint density at radius 1 is 0.271 bits per heavy atom. The van der Waals surface area contributed by atoms with Crippen LogP contribution < -0.4 is 0 Å². The molecule has 0 aliphatic carbocycles. The molecule has 394 valence electrons. The molecular formula is C78H47N7. The number of fused-ring (bicyclic) bond motifs is 9. The van der Waals surface area contributed by atoms with E-state index in [1.807, 2.05) is 18.2 Å². The highest BCUT2D eigenvalue weighted by atomic mass is 15.0. The number of nitrogens with zero attached hydrogens (tertiary/aromatic N) is 7. The van der Waals surface area contributed by atoms with E-state index in [0.717, 1.165) is 122 Å². The Bertz CT molecular complexity index is 5080. The number of nitriles is 2. The van der Waals surface area contributed by atoms with Crippen molar-refractivity contribution in [1.82, 2.24) is 23.7 Å². The van der Waals surface area contributed by atoms with E-state index >= 15 is 0 Å².